The van der Waals surface area contributed by atoms with Gasteiger partial charge in [-0.1, -0.05) is 5.21 Å². The molecule has 1 heterocycles. The van der Waals surface area contributed by atoms with Gasteiger partial charge in [0.05, 0.1) is 12.7 Å². The minimum Gasteiger partial charge on any atom is -0.398 e. The Morgan fingerprint density at radius 3 is 2.94 bits per heavy atom. The molecule has 0 unspecified atom stereocenters. The Bertz CT molecular complexity index is 535. The number of hydrogen-bond donors (Lipinski definition) is 2. The lowest BCUT2D eigenvalue weighted by Crippen LogP contribution is -2.11. The van der Waals surface area contributed by atoms with E-state index >= 15 is 0 Å². The first-order chi connectivity index (χ1) is 8.66. The van der Waals surface area contributed by atoms with Gasteiger partial charge < -0.3 is 11.1 Å². The second-order valence-corrected chi connectivity index (χ2v) is 3.95. The van der Waals surface area contributed by atoms with Crippen molar-refractivity contribution in [3.05, 3.63) is 36.2 Å². The minimum absolute atomic E-state index is 0.0262. The van der Waals surface area contributed by atoms with Gasteiger partial charge in [-0.15, -0.1) is 5.10 Å². The highest BCUT2D eigenvalue weighted by Crippen LogP contribution is 2.18. The molecular weight excluding hydrogens is 230 g/mol. The second kappa shape index (κ2) is 5.31. The number of anilines is 2. The normalized spacial score (nSPS) is 10.3. The average molecular weight is 245 g/mol. The molecule has 0 radical (unpaired) electrons. The summed E-state index contributed by atoms with van der Waals surface area (Å²) < 4.78 is 1.74. The summed E-state index contributed by atoms with van der Waals surface area (Å²) in [5.74, 6) is -0.0262. The Kier molecular flexibility index (Phi) is 3.57. The van der Waals surface area contributed by atoms with Crippen molar-refractivity contribution < 1.29 is 4.79 Å². The van der Waals surface area contributed by atoms with Crippen molar-refractivity contribution in [3.8, 4) is 0 Å². The van der Waals surface area contributed by atoms with Crippen LogP contribution in [0.4, 0.5) is 11.4 Å². The molecule has 0 spiro atoms. The average Bonchev–Trinajstić information content (AvgIpc) is 2.81. The molecule has 0 fully saturated rings. The molecule has 0 bridgehead atoms. The molecule has 0 saturated heterocycles. The first kappa shape index (κ1) is 12.1. The monoisotopic (exact) mass is 245 g/mol. The molecule has 6 nitrogen and oxygen atoms in total. The number of rotatable bonds is 5. The van der Waals surface area contributed by atoms with Gasteiger partial charge in [0.15, 0.2) is 5.78 Å². The van der Waals surface area contributed by atoms with Crippen molar-refractivity contribution in [2.75, 3.05) is 17.6 Å². The summed E-state index contributed by atoms with van der Waals surface area (Å²) in [4.78, 5) is 11.2. The predicted molar refractivity (Wildman–Crippen MR) is 69.4 cm³/mol. The molecule has 0 aliphatic rings. The zero-order valence-electron chi connectivity index (χ0n) is 10.1. The van der Waals surface area contributed by atoms with Gasteiger partial charge in [-0.3, -0.25) is 9.48 Å². The summed E-state index contributed by atoms with van der Waals surface area (Å²) >= 11 is 0. The standard InChI is InChI=1S/C12H15N5O/c1-9(18)11-3-2-10(8-12(11)13)14-4-6-17-7-5-15-16-17/h2-3,5,7-8,14H,4,6,13H2,1H3. The maximum absolute atomic E-state index is 11.2. The number of hydrogen-bond acceptors (Lipinski definition) is 5. The smallest absolute Gasteiger partial charge is 0.161 e. The van der Waals surface area contributed by atoms with Gasteiger partial charge in [0.25, 0.3) is 0 Å². The van der Waals surface area contributed by atoms with Gasteiger partial charge in [0.1, 0.15) is 0 Å². The van der Waals surface area contributed by atoms with E-state index in [2.05, 4.69) is 15.6 Å². The lowest BCUT2D eigenvalue weighted by Gasteiger charge is -2.08. The summed E-state index contributed by atoms with van der Waals surface area (Å²) in [6.07, 6.45) is 3.44. The Labute approximate surface area is 105 Å². The van der Waals surface area contributed by atoms with E-state index in [1.165, 1.54) is 6.92 Å². The van der Waals surface area contributed by atoms with Crippen LogP contribution in [0.2, 0.25) is 0 Å². The van der Waals surface area contributed by atoms with Crippen molar-refractivity contribution in [1.29, 1.82) is 0 Å². The first-order valence-electron chi connectivity index (χ1n) is 5.65. The molecule has 1 aromatic carbocycles. The van der Waals surface area contributed by atoms with Crippen LogP contribution >= 0.6 is 0 Å². The van der Waals surface area contributed by atoms with Gasteiger partial charge in [-0.05, 0) is 25.1 Å². The van der Waals surface area contributed by atoms with E-state index in [4.69, 9.17) is 5.73 Å². The number of benzene rings is 1. The second-order valence-electron chi connectivity index (χ2n) is 3.95. The zero-order chi connectivity index (χ0) is 13.0. The number of nitrogens with zero attached hydrogens (tertiary/aromatic N) is 3. The molecule has 0 aliphatic carbocycles. The van der Waals surface area contributed by atoms with Crippen molar-refractivity contribution in [3.63, 3.8) is 0 Å². The summed E-state index contributed by atoms with van der Waals surface area (Å²) in [6.45, 7) is 2.93. The van der Waals surface area contributed by atoms with Crippen LogP contribution in [-0.4, -0.2) is 27.3 Å². The third kappa shape index (κ3) is 2.85. The van der Waals surface area contributed by atoms with E-state index < -0.39 is 0 Å². The third-order valence-corrected chi connectivity index (χ3v) is 2.57. The fraction of sp³-hybridized carbons (Fsp3) is 0.250. The highest BCUT2D eigenvalue weighted by Gasteiger charge is 2.04. The molecule has 2 rings (SSSR count). The molecule has 1 aromatic heterocycles. The Morgan fingerprint density at radius 2 is 2.33 bits per heavy atom. The number of nitrogens with two attached hydrogens (primary N) is 1. The van der Waals surface area contributed by atoms with Crippen molar-refractivity contribution >= 4 is 17.2 Å². The van der Waals surface area contributed by atoms with Gasteiger partial charge in [-0.25, -0.2) is 0 Å². The van der Waals surface area contributed by atoms with Crippen LogP contribution in [0.25, 0.3) is 0 Å². The number of Topliss-reactive ketones (excluding diaryl/α,β-unsaturated/α-hetero) is 1. The Balaban J connectivity index is 1.94. The van der Waals surface area contributed by atoms with E-state index in [1.807, 2.05) is 6.07 Å². The van der Waals surface area contributed by atoms with Crippen LogP contribution in [0.3, 0.4) is 0 Å². The van der Waals surface area contributed by atoms with Gasteiger partial charge in [0, 0.05) is 29.7 Å². The lowest BCUT2D eigenvalue weighted by atomic mass is 10.1. The Morgan fingerprint density at radius 1 is 1.50 bits per heavy atom. The van der Waals surface area contributed by atoms with E-state index in [9.17, 15) is 4.79 Å². The molecule has 3 N–H and O–H groups in total. The van der Waals surface area contributed by atoms with Crippen LogP contribution in [0.5, 0.6) is 0 Å². The number of ketones is 1. The molecule has 18 heavy (non-hydrogen) atoms. The van der Waals surface area contributed by atoms with Crippen molar-refractivity contribution in [2.45, 2.75) is 13.5 Å². The fourth-order valence-corrected chi connectivity index (χ4v) is 1.66. The first-order valence-corrected chi connectivity index (χ1v) is 5.65. The molecule has 0 amide bonds. The molecule has 94 valence electrons. The minimum atomic E-state index is -0.0262. The quantitative estimate of drug-likeness (QED) is 0.610. The molecule has 6 heteroatoms. The molecule has 0 saturated carbocycles. The van der Waals surface area contributed by atoms with Crippen LogP contribution in [0, 0.1) is 0 Å². The van der Waals surface area contributed by atoms with Crippen LogP contribution < -0.4 is 11.1 Å². The van der Waals surface area contributed by atoms with Crippen LogP contribution in [0.15, 0.2) is 30.6 Å². The molecule has 0 aliphatic heterocycles. The summed E-state index contributed by atoms with van der Waals surface area (Å²) in [5.41, 5.74) is 7.73. The number of nitrogen functional groups attached to an aromatic ring is 1. The number of carbonyl (C=O) groups excluding carboxylic acids is 1. The fourth-order valence-electron chi connectivity index (χ4n) is 1.66. The van der Waals surface area contributed by atoms with Crippen LogP contribution in [0.1, 0.15) is 17.3 Å². The van der Waals surface area contributed by atoms with E-state index in [-0.39, 0.29) is 5.78 Å². The summed E-state index contributed by atoms with van der Waals surface area (Å²) in [6, 6.07) is 5.34. The van der Waals surface area contributed by atoms with Gasteiger partial charge >= 0.3 is 0 Å². The van der Waals surface area contributed by atoms with Crippen molar-refractivity contribution in [1.82, 2.24) is 15.0 Å². The maximum atomic E-state index is 11.2. The summed E-state index contributed by atoms with van der Waals surface area (Å²) in [7, 11) is 0. The highest BCUT2D eigenvalue weighted by atomic mass is 16.1. The van der Waals surface area contributed by atoms with Gasteiger partial charge in [0.2, 0.25) is 0 Å². The predicted octanol–water partition coefficient (Wildman–Crippen LogP) is 1.17. The largest absolute Gasteiger partial charge is 0.398 e. The van der Waals surface area contributed by atoms with Gasteiger partial charge in [-0.2, -0.15) is 0 Å². The van der Waals surface area contributed by atoms with Crippen LogP contribution in [-0.2, 0) is 6.54 Å². The van der Waals surface area contributed by atoms with Crippen molar-refractivity contribution in [2.24, 2.45) is 0 Å². The molecular formula is C12H15N5O. The SMILES string of the molecule is CC(=O)c1ccc(NCCn2ccnn2)cc1N. The number of nitrogens with one attached hydrogen (secondary N) is 1. The topological polar surface area (TPSA) is 85.8 Å². The Hall–Kier alpha value is -2.37. The zero-order valence-corrected chi connectivity index (χ0v) is 10.1. The molecule has 0 atom stereocenters. The number of carbonyl (C=O) groups is 1. The lowest BCUT2D eigenvalue weighted by molar-refractivity contribution is 0.101. The maximum Gasteiger partial charge on any atom is 0.161 e. The highest BCUT2D eigenvalue weighted by molar-refractivity contribution is 5.99. The molecule has 2 aromatic rings. The van der Waals surface area contributed by atoms with E-state index in [1.54, 1.807) is 29.2 Å². The third-order valence-electron chi connectivity index (χ3n) is 2.57. The number of aromatic nitrogens is 3. The summed E-state index contributed by atoms with van der Waals surface area (Å²) in [5, 5.41) is 10.8. The van der Waals surface area contributed by atoms with E-state index in [0.29, 0.717) is 24.3 Å². The van der Waals surface area contributed by atoms with E-state index in [0.717, 1.165) is 5.69 Å².